The van der Waals surface area contributed by atoms with E-state index in [0.29, 0.717) is 30.8 Å². The quantitative estimate of drug-likeness (QED) is 0.284. The number of carbonyl (C=O) groups excluding carboxylic acids is 1. The van der Waals surface area contributed by atoms with Gasteiger partial charge in [-0.3, -0.25) is 14.9 Å². The molecule has 0 radical (unpaired) electrons. The monoisotopic (exact) mass is 472 g/mol. The van der Waals surface area contributed by atoms with E-state index in [2.05, 4.69) is 5.32 Å². The fourth-order valence-corrected chi connectivity index (χ4v) is 3.62. The van der Waals surface area contributed by atoms with E-state index >= 15 is 0 Å². The van der Waals surface area contributed by atoms with Crippen LogP contribution in [0.2, 0.25) is 0 Å². The second-order valence-electron chi connectivity index (χ2n) is 6.59. The van der Waals surface area contributed by atoms with Gasteiger partial charge in [-0.05, 0) is 50.6 Å². The molecule has 0 heterocycles. The molecule has 1 atom stereocenters. The summed E-state index contributed by atoms with van der Waals surface area (Å²) in [6, 6.07) is 7.11. The Kier molecular flexibility index (Phi) is 8.76. The van der Waals surface area contributed by atoms with Crippen molar-refractivity contribution in [2.45, 2.75) is 37.9 Å². The van der Waals surface area contributed by atoms with Crippen LogP contribution in [0.5, 0.6) is 11.5 Å². The molecule has 1 N–H and O–H groups in total. The Balaban J connectivity index is 2.07. The van der Waals surface area contributed by atoms with E-state index in [-0.39, 0.29) is 10.6 Å². The van der Waals surface area contributed by atoms with Crippen LogP contribution < -0.4 is 14.8 Å². The van der Waals surface area contributed by atoms with E-state index in [1.807, 2.05) is 13.8 Å². The lowest BCUT2D eigenvalue weighted by atomic mass is 10.1. The van der Waals surface area contributed by atoms with Gasteiger partial charge in [-0.2, -0.15) is 13.2 Å². The van der Waals surface area contributed by atoms with E-state index in [4.69, 9.17) is 9.47 Å². The number of nitrogens with zero attached hydrogens (tertiary/aromatic N) is 1. The number of hydrogen-bond donors (Lipinski definition) is 1. The summed E-state index contributed by atoms with van der Waals surface area (Å²) in [5.41, 5.74) is -1.05. The summed E-state index contributed by atoms with van der Waals surface area (Å²) in [7, 11) is 0. The molecule has 0 saturated carbocycles. The number of rotatable bonds is 10. The molecule has 2 aromatic rings. The third kappa shape index (κ3) is 6.78. The molecular weight excluding hydrogens is 449 g/mol. The van der Waals surface area contributed by atoms with Crippen LogP contribution in [0.3, 0.4) is 0 Å². The second kappa shape index (κ2) is 11.1. The molecule has 32 heavy (non-hydrogen) atoms. The van der Waals surface area contributed by atoms with Gasteiger partial charge in [0.15, 0.2) is 11.5 Å². The topological polar surface area (TPSA) is 90.7 Å². The summed E-state index contributed by atoms with van der Waals surface area (Å²) >= 11 is 0.795. The van der Waals surface area contributed by atoms with Crippen LogP contribution in [-0.2, 0) is 11.0 Å². The molecule has 174 valence electrons. The number of hydrogen-bond acceptors (Lipinski definition) is 6. The summed E-state index contributed by atoms with van der Waals surface area (Å²) in [5, 5.41) is 13.9. The highest BCUT2D eigenvalue weighted by atomic mass is 32.2. The molecule has 2 rings (SSSR count). The average molecular weight is 472 g/mol. The first-order valence-corrected chi connectivity index (χ1v) is 10.7. The minimum atomic E-state index is -4.70. The van der Waals surface area contributed by atoms with Crippen molar-refractivity contribution >= 4 is 23.4 Å². The van der Waals surface area contributed by atoms with Gasteiger partial charge in [0.1, 0.15) is 0 Å². The number of ether oxygens (including phenoxy) is 2. The predicted octanol–water partition coefficient (Wildman–Crippen LogP) is 5.38. The maximum atomic E-state index is 12.8. The fourth-order valence-electron chi connectivity index (χ4n) is 2.81. The van der Waals surface area contributed by atoms with Gasteiger partial charge >= 0.3 is 6.18 Å². The molecule has 0 aliphatic heterocycles. The van der Waals surface area contributed by atoms with Crippen molar-refractivity contribution in [2.24, 2.45) is 0 Å². The predicted molar refractivity (Wildman–Crippen MR) is 114 cm³/mol. The van der Waals surface area contributed by atoms with Gasteiger partial charge < -0.3 is 14.8 Å². The minimum Gasteiger partial charge on any atom is -0.490 e. The van der Waals surface area contributed by atoms with Crippen molar-refractivity contribution in [1.29, 1.82) is 0 Å². The molecule has 11 heteroatoms. The van der Waals surface area contributed by atoms with Gasteiger partial charge in [0.2, 0.25) is 5.91 Å². The highest BCUT2D eigenvalue weighted by molar-refractivity contribution is 8.00. The fraction of sp³-hybridized carbons (Fsp3) is 0.381. The number of halogens is 3. The number of nitro benzene ring substituents is 1. The lowest BCUT2D eigenvalue weighted by molar-refractivity contribution is -0.388. The SMILES string of the molecule is CCOc1ccc(C(C)NC(=O)CSc2ccc(C(F)(F)F)cc2[N+](=O)[O-])cc1OCC. The number of amides is 1. The maximum absolute atomic E-state index is 12.8. The Morgan fingerprint density at radius 3 is 2.38 bits per heavy atom. The molecule has 7 nitrogen and oxygen atoms in total. The van der Waals surface area contributed by atoms with E-state index in [1.165, 1.54) is 0 Å². The summed E-state index contributed by atoms with van der Waals surface area (Å²) in [6.07, 6.45) is -4.70. The highest BCUT2D eigenvalue weighted by Gasteiger charge is 2.33. The molecular formula is C21H23F3N2O5S. The normalized spacial score (nSPS) is 12.2. The standard InChI is InChI=1S/C21H23F3N2O5S/c1-4-30-17-8-6-14(10-18(17)31-5-2)13(3)25-20(27)12-32-19-9-7-15(21(22,23)24)11-16(19)26(28)29/h6-11,13H,4-5,12H2,1-3H3,(H,25,27). The van der Waals surface area contributed by atoms with Gasteiger partial charge in [-0.15, -0.1) is 11.8 Å². The zero-order valence-electron chi connectivity index (χ0n) is 17.7. The summed E-state index contributed by atoms with van der Waals surface area (Å²) < 4.78 is 49.5. The van der Waals surface area contributed by atoms with E-state index in [0.717, 1.165) is 29.5 Å². The first-order valence-electron chi connectivity index (χ1n) is 9.74. The average Bonchev–Trinajstić information content (AvgIpc) is 2.72. The molecule has 0 saturated heterocycles. The Morgan fingerprint density at radius 2 is 1.78 bits per heavy atom. The second-order valence-corrected chi connectivity index (χ2v) is 7.60. The molecule has 0 bridgehead atoms. The number of thioether (sulfide) groups is 1. The van der Waals surface area contributed by atoms with Gasteiger partial charge in [0, 0.05) is 6.07 Å². The van der Waals surface area contributed by atoms with Crippen LogP contribution in [0.1, 0.15) is 37.9 Å². The van der Waals surface area contributed by atoms with Crippen LogP contribution in [-0.4, -0.2) is 29.8 Å². The van der Waals surface area contributed by atoms with Crippen LogP contribution >= 0.6 is 11.8 Å². The van der Waals surface area contributed by atoms with Crippen LogP contribution in [0, 0.1) is 10.1 Å². The molecule has 1 unspecified atom stereocenters. The zero-order valence-corrected chi connectivity index (χ0v) is 18.5. The minimum absolute atomic E-state index is 0.0227. The Labute approximate surface area is 187 Å². The number of nitro groups is 1. The first kappa shape index (κ1) is 25.3. The van der Waals surface area contributed by atoms with Gasteiger partial charge in [0.25, 0.3) is 5.69 Å². The Morgan fingerprint density at radius 1 is 1.12 bits per heavy atom. The molecule has 0 aromatic heterocycles. The van der Waals surface area contributed by atoms with Crippen molar-refractivity contribution < 1.29 is 32.4 Å². The molecule has 1 amide bonds. The van der Waals surface area contributed by atoms with Crippen molar-refractivity contribution in [3.63, 3.8) is 0 Å². The Hall–Kier alpha value is -2.95. The van der Waals surface area contributed by atoms with Crippen LogP contribution in [0.25, 0.3) is 0 Å². The van der Waals surface area contributed by atoms with Gasteiger partial charge in [0.05, 0.1) is 40.4 Å². The van der Waals surface area contributed by atoms with Crippen LogP contribution in [0.4, 0.5) is 18.9 Å². The number of carbonyl (C=O) groups is 1. The van der Waals surface area contributed by atoms with Gasteiger partial charge in [-0.1, -0.05) is 6.07 Å². The first-order chi connectivity index (χ1) is 15.1. The third-order valence-electron chi connectivity index (χ3n) is 4.29. The van der Waals surface area contributed by atoms with E-state index < -0.39 is 34.3 Å². The maximum Gasteiger partial charge on any atom is 0.416 e. The van der Waals surface area contributed by atoms with E-state index in [1.54, 1.807) is 25.1 Å². The molecule has 0 aliphatic rings. The van der Waals surface area contributed by atoms with Gasteiger partial charge in [-0.25, -0.2) is 0 Å². The summed E-state index contributed by atoms with van der Waals surface area (Å²) in [5.74, 6) is 0.499. The lowest BCUT2D eigenvalue weighted by Gasteiger charge is -2.17. The largest absolute Gasteiger partial charge is 0.490 e. The lowest BCUT2D eigenvalue weighted by Crippen LogP contribution is -2.28. The third-order valence-corrected chi connectivity index (χ3v) is 5.35. The van der Waals surface area contributed by atoms with Crippen LogP contribution in [0.15, 0.2) is 41.3 Å². The molecule has 0 aliphatic carbocycles. The number of benzene rings is 2. The van der Waals surface area contributed by atoms with E-state index in [9.17, 15) is 28.1 Å². The number of nitrogens with one attached hydrogen (secondary N) is 1. The highest BCUT2D eigenvalue weighted by Crippen LogP contribution is 2.36. The smallest absolute Gasteiger partial charge is 0.416 e. The molecule has 0 spiro atoms. The summed E-state index contributed by atoms with van der Waals surface area (Å²) in [4.78, 5) is 22.6. The van der Waals surface area contributed by atoms with Crippen molar-refractivity contribution in [3.05, 3.63) is 57.6 Å². The van der Waals surface area contributed by atoms with Crippen molar-refractivity contribution in [1.82, 2.24) is 5.32 Å². The molecule has 0 fully saturated rings. The number of alkyl halides is 3. The van der Waals surface area contributed by atoms with Crippen molar-refractivity contribution in [2.75, 3.05) is 19.0 Å². The zero-order chi connectivity index (χ0) is 23.9. The molecule has 2 aromatic carbocycles. The Bertz CT molecular complexity index is 969. The van der Waals surface area contributed by atoms with Crippen molar-refractivity contribution in [3.8, 4) is 11.5 Å². The summed E-state index contributed by atoms with van der Waals surface area (Å²) in [6.45, 7) is 6.36.